The van der Waals surface area contributed by atoms with E-state index in [0.29, 0.717) is 11.8 Å². The molecule has 1 aromatic rings. The number of hydrogen-bond donors (Lipinski definition) is 0. The Morgan fingerprint density at radius 2 is 1.95 bits per heavy atom. The molecule has 0 radical (unpaired) electrons. The van der Waals surface area contributed by atoms with Crippen molar-refractivity contribution in [2.24, 2.45) is 11.8 Å². The monoisotopic (exact) mass is 296 g/mol. The minimum atomic E-state index is -0.179. The van der Waals surface area contributed by atoms with Crippen molar-refractivity contribution in [3.63, 3.8) is 0 Å². The number of methoxy groups -OCH3 is 1. The summed E-state index contributed by atoms with van der Waals surface area (Å²) >= 11 is 0. The normalized spacial score (nSPS) is 24.6. The van der Waals surface area contributed by atoms with Crippen LogP contribution in [-0.2, 0) is 16.0 Å². The highest BCUT2D eigenvalue weighted by molar-refractivity contribution is 5.90. The summed E-state index contributed by atoms with van der Waals surface area (Å²) in [6, 6.07) is 10.8. The Balaban J connectivity index is 1.73. The lowest BCUT2D eigenvalue weighted by Crippen LogP contribution is -2.22. The lowest BCUT2D eigenvalue weighted by atomic mass is 9.73. The van der Waals surface area contributed by atoms with Crippen LogP contribution < -0.4 is 0 Å². The first-order valence-corrected chi connectivity index (χ1v) is 8.31. The standard InChI is InChI=1S/C20H24O2/c1-22-20(21)18-12-11-17(14-18)19-10-6-5-9-16(19)13-15-7-3-2-4-8-15/h2-4,7-8,11,14,16,19H,5-6,9-10,12-13H2,1H3. The zero-order chi connectivity index (χ0) is 15.4. The maximum Gasteiger partial charge on any atom is 0.334 e. The second kappa shape index (κ2) is 6.95. The third-order valence-corrected chi connectivity index (χ3v) is 5.02. The zero-order valence-electron chi connectivity index (χ0n) is 13.3. The van der Waals surface area contributed by atoms with Gasteiger partial charge in [0.05, 0.1) is 7.11 Å². The molecule has 3 rings (SSSR count). The van der Waals surface area contributed by atoms with E-state index in [9.17, 15) is 4.79 Å². The van der Waals surface area contributed by atoms with E-state index in [0.717, 1.165) is 18.4 Å². The van der Waals surface area contributed by atoms with Gasteiger partial charge >= 0.3 is 5.97 Å². The van der Waals surface area contributed by atoms with Crippen LogP contribution >= 0.6 is 0 Å². The number of carbonyl (C=O) groups is 1. The SMILES string of the molecule is COC(=O)C1=CC(C2CCCCC2Cc2ccccc2)=CC1. The van der Waals surface area contributed by atoms with Gasteiger partial charge in [0.1, 0.15) is 0 Å². The lowest BCUT2D eigenvalue weighted by Gasteiger charge is -2.32. The fourth-order valence-electron chi connectivity index (χ4n) is 3.89. The van der Waals surface area contributed by atoms with Gasteiger partial charge in [0.2, 0.25) is 0 Å². The molecule has 116 valence electrons. The highest BCUT2D eigenvalue weighted by atomic mass is 16.5. The molecule has 0 N–H and O–H groups in total. The smallest absolute Gasteiger partial charge is 0.334 e. The maximum atomic E-state index is 11.7. The molecular weight excluding hydrogens is 272 g/mol. The van der Waals surface area contributed by atoms with Crippen LogP contribution in [0.25, 0.3) is 0 Å². The first-order valence-electron chi connectivity index (χ1n) is 8.31. The maximum absolute atomic E-state index is 11.7. The van der Waals surface area contributed by atoms with E-state index in [4.69, 9.17) is 4.74 Å². The highest BCUT2D eigenvalue weighted by Gasteiger charge is 2.29. The molecular formula is C20H24O2. The Morgan fingerprint density at radius 3 is 2.73 bits per heavy atom. The Labute approximate surface area is 132 Å². The van der Waals surface area contributed by atoms with Crippen molar-refractivity contribution in [1.82, 2.24) is 0 Å². The summed E-state index contributed by atoms with van der Waals surface area (Å²) in [6.45, 7) is 0. The largest absolute Gasteiger partial charge is 0.466 e. The number of rotatable bonds is 4. The third kappa shape index (κ3) is 3.32. The van der Waals surface area contributed by atoms with Gasteiger partial charge in [-0.1, -0.05) is 49.2 Å². The summed E-state index contributed by atoms with van der Waals surface area (Å²) in [5.74, 6) is 1.11. The number of ether oxygens (including phenoxy) is 1. The van der Waals surface area contributed by atoms with Crippen molar-refractivity contribution < 1.29 is 9.53 Å². The molecule has 2 nitrogen and oxygen atoms in total. The van der Waals surface area contributed by atoms with Crippen molar-refractivity contribution in [3.8, 4) is 0 Å². The molecule has 1 fully saturated rings. The molecule has 2 aliphatic carbocycles. The second-order valence-corrected chi connectivity index (χ2v) is 6.41. The molecule has 2 aliphatic rings. The van der Waals surface area contributed by atoms with Crippen LogP contribution in [0.4, 0.5) is 0 Å². The van der Waals surface area contributed by atoms with Crippen LogP contribution in [-0.4, -0.2) is 13.1 Å². The second-order valence-electron chi connectivity index (χ2n) is 6.41. The van der Waals surface area contributed by atoms with Gasteiger partial charge in [-0.15, -0.1) is 0 Å². The fraction of sp³-hybridized carbons (Fsp3) is 0.450. The number of esters is 1. The molecule has 0 saturated heterocycles. The molecule has 0 aromatic heterocycles. The fourth-order valence-corrected chi connectivity index (χ4v) is 3.89. The molecule has 2 heteroatoms. The molecule has 0 heterocycles. The van der Waals surface area contributed by atoms with Crippen molar-refractivity contribution in [2.45, 2.75) is 38.5 Å². The van der Waals surface area contributed by atoms with Gasteiger partial charge in [-0.05, 0) is 54.7 Å². The van der Waals surface area contributed by atoms with E-state index in [1.807, 2.05) is 0 Å². The Bertz CT molecular complexity index is 583. The lowest BCUT2D eigenvalue weighted by molar-refractivity contribution is -0.136. The summed E-state index contributed by atoms with van der Waals surface area (Å²) in [4.78, 5) is 11.7. The van der Waals surface area contributed by atoms with E-state index < -0.39 is 0 Å². The van der Waals surface area contributed by atoms with Gasteiger partial charge in [-0.25, -0.2) is 4.79 Å². The highest BCUT2D eigenvalue weighted by Crippen LogP contribution is 2.40. The Hall–Kier alpha value is -1.83. The molecule has 0 amide bonds. The summed E-state index contributed by atoms with van der Waals surface area (Å²) in [5, 5.41) is 0. The minimum Gasteiger partial charge on any atom is -0.466 e. The predicted molar refractivity (Wildman–Crippen MR) is 88.4 cm³/mol. The van der Waals surface area contributed by atoms with Crippen LogP contribution in [0.3, 0.4) is 0 Å². The van der Waals surface area contributed by atoms with Crippen molar-refractivity contribution in [3.05, 3.63) is 59.2 Å². The molecule has 2 unspecified atom stereocenters. The van der Waals surface area contributed by atoms with Crippen LogP contribution in [0.2, 0.25) is 0 Å². The third-order valence-electron chi connectivity index (χ3n) is 5.02. The molecule has 0 spiro atoms. The first-order chi connectivity index (χ1) is 10.8. The molecule has 22 heavy (non-hydrogen) atoms. The van der Waals surface area contributed by atoms with Gasteiger partial charge < -0.3 is 4.74 Å². The predicted octanol–water partition coefficient (Wildman–Crippen LogP) is 4.47. The van der Waals surface area contributed by atoms with Crippen LogP contribution in [0.15, 0.2) is 53.6 Å². The number of allylic oxidation sites excluding steroid dienone is 3. The zero-order valence-corrected chi connectivity index (χ0v) is 13.3. The first kappa shape index (κ1) is 15.1. The van der Waals surface area contributed by atoms with Crippen LogP contribution in [0, 0.1) is 11.8 Å². The van der Waals surface area contributed by atoms with Crippen molar-refractivity contribution in [1.29, 1.82) is 0 Å². The molecule has 0 aliphatic heterocycles. The van der Waals surface area contributed by atoms with E-state index >= 15 is 0 Å². The molecule has 0 bridgehead atoms. The van der Waals surface area contributed by atoms with Gasteiger partial charge in [-0.3, -0.25) is 0 Å². The van der Waals surface area contributed by atoms with Gasteiger partial charge in [0, 0.05) is 5.57 Å². The van der Waals surface area contributed by atoms with Gasteiger partial charge in [-0.2, -0.15) is 0 Å². The average Bonchev–Trinajstić information content (AvgIpc) is 3.05. The van der Waals surface area contributed by atoms with E-state index in [1.54, 1.807) is 0 Å². The summed E-state index contributed by atoms with van der Waals surface area (Å²) in [6.07, 6.45) is 11.4. The number of carbonyl (C=O) groups excluding carboxylic acids is 1. The van der Waals surface area contributed by atoms with E-state index in [-0.39, 0.29) is 5.97 Å². The molecule has 1 saturated carbocycles. The van der Waals surface area contributed by atoms with Gasteiger partial charge in [0.25, 0.3) is 0 Å². The van der Waals surface area contributed by atoms with E-state index in [2.05, 4.69) is 42.5 Å². The Kier molecular flexibility index (Phi) is 4.77. The van der Waals surface area contributed by atoms with Crippen molar-refractivity contribution >= 4 is 5.97 Å². The average molecular weight is 296 g/mol. The molecule has 2 atom stereocenters. The minimum absolute atomic E-state index is 0.179. The topological polar surface area (TPSA) is 26.3 Å². The Morgan fingerprint density at radius 1 is 1.18 bits per heavy atom. The molecule has 1 aromatic carbocycles. The summed E-state index contributed by atoms with van der Waals surface area (Å²) in [5.41, 5.74) is 3.60. The number of hydrogen-bond acceptors (Lipinski definition) is 2. The van der Waals surface area contributed by atoms with Gasteiger partial charge in [0.15, 0.2) is 0 Å². The van der Waals surface area contributed by atoms with Crippen LogP contribution in [0.5, 0.6) is 0 Å². The summed E-state index contributed by atoms with van der Waals surface area (Å²) < 4.78 is 4.85. The summed E-state index contributed by atoms with van der Waals surface area (Å²) in [7, 11) is 1.46. The van der Waals surface area contributed by atoms with Crippen LogP contribution in [0.1, 0.15) is 37.7 Å². The van der Waals surface area contributed by atoms with E-state index in [1.165, 1.54) is 43.9 Å². The quantitative estimate of drug-likeness (QED) is 0.767. The number of benzene rings is 1. The van der Waals surface area contributed by atoms with Crippen molar-refractivity contribution in [2.75, 3.05) is 7.11 Å².